The first-order chi connectivity index (χ1) is 10.1. The molecule has 0 spiro atoms. The van der Waals surface area contributed by atoms with Crippen LogP contribution in [0.1, 0.15) is 26.7 Å². The van der Waals surface area contributed by atoms with E-state index in [1.807, 2.05) is 7.05 Å². The molecule has 0 aromatic rings. The lowest BCUT2D eigenvalue weighted by molar-refractivity contribution is 0.219. The van der Waals surface area contributed by atoms with E-state index in [2.05, 4.69) is 52.8 Å². The van der Waals surface area contributed by atoms with E-state index in [0.29, 0.717) is 0 Å². The van der Waals surface area contributed by atoms with Gasteiger partial charge in [-0.2, -0.15) is 11.8 Å². The number of thioether (sulfide) groups is 1. The lowest BCUT2D eigenvalue weighted by Crippen LogP contribution is -2.50. The van der Waals surface area contributed by atoms with Crippen molar-refractivity contribution in [2.75, 3.05) is 52.6 Å². The van der Waals surface area contributed by atoms with Crippen LogP contribution in [-0.4, -0.2) is 73.6 Å². The molecule has 0 aromatic heterocycles. The minimum absolute atomic E-state index is 0.737. The van der Waals surface area contributed by atoms with E-state index in [0.717, 1.165) is 42.7 Å². The Morgan fingerprint density at radius 1 is 1.29 bits per heavy atom. The fourth-order valence-corrected chi connectivity index (χ4v) is 4.40. The lowest BCUT2D eigenvalue weighted by atomic mass is 9.97. The van der Waals surface area contributed by atoms with Crippen molar-refractivity contribution in [3.8, 4) is 0 Å². The number of piperidine rings is 1. The van der Waals surface area contributed by atoms with Crippen molar-refractivity contribution in [2.24, 2.45) is 16.8 Å². The second-order valence-electron chi connectivity index (χ2n) is 6.77. The number of guanidine groups is 1. The largest absolute Gasteiger partial charge is 0.356 e. The molecule has 2 saturated heterocycles. The molecule has 2 fully saturated rings. The van der Waals surface area contributed by atoms with E-state index >= 15 is 0 Å². The molecule has 21 heavy (non-hydrogen) atoms. The van der Waals surface area contributed by atoms with Gasteiger partial charge in [0, 0.05) is 37.7 Å². The first-order valence-corrected chi connectivity index (χ1v) is 9.40. The highest BCUT2D eigenvalue weighted by Crippen LogP contribution is 2.25. The second-order valence-corrected chi connectivity index (χ2v) is 8.12. The molecule has 4 nitrogen and oxygen atoms in total. The summed E-state index contributed by atoms with van der Waals surface area (Å²) in [7, 11) is 4.14. The smallest absolute Gasteiger partial charge is 0.193 e. The average Bonchev–Trinajstić information content (AvgIpc) is 2.50. The minimum atomic E-state index is 0.737. The Hall–Kier alpha value is -0.420. The van der Waals surface area contributed by atoms with Crippen LogP contribution >= 0.6 is 11.8 Å². The fourth-order valence-electron chi connectivity index (χ4n) is 3.11. The molecule has 1 N–H and O–H groups in total. The third-order valence-corrected chi connectivity index (χ3v) is 6.28. The Labute approximate surface area is 134 Å². The maximum absolute atomic E-state index is 4.52. The maximum Gasteiger partial charge on any atom is 0.193 e. The molecule has 2 heterocycles. The molecule has 1 unspecified atom stereocenters. The second kappa shape index (κ2) is 8.28. The van der Waals surface area contributed by atoms with Crippen molar-refractivity contribution in [3.63, 3.8) is 0 Å². The molecule has 0 saturated carbocycles. The third-order valence-electron chi connectivity index (χ3n) is 4.74. The van der Waals surface area contributed by atoms with Crippen LogP contribution in [0.15, 0.2) is 4.99 Å². The standard InChI is InChI=1S/C16H32N4S/c1-13(2)15-12-20(9-10-21-15)16(17-3)18-11-14-5-7-19(4)8-6-14/h13-15H,5-12H2,1-4H3,(H,17,18). The SMILES string of the molecule is CN=C(NCC1CCN(C)CC1)N1CCSC(C(C)C)C1. The van der Waals surface area contributed by atoms with Gasteiger partial charge in [0.15, 0.2) is 5.96 Å². The quantitative estimate of drug-likeness (QED) is 0.638. The zero-order valence-corrected chi connectivity index (χ0v) is 15.0. The number of hydrogen-bond donors (Lipinski definition) is 1. The monoisotopic (exact) mass is 312 g/mol. The molecule has 122 valence electrons. The van der Waals surface area contributed by atoms with E-state index in [1.165, 1.54) is 31.7 Å². The highest BCUT2D eigenvalue weighted by atomic mass is 32.2. The van der Waals surface area contributed by atoms with Gasteiger partial charge in [0.05, 0.1) is 0 Å². The molecular weight excluding hydrogens is 280 g/mol. The van der Waals surface area contributed by atoms with E-state index in [4.69, 9.17) is 0 Å². The Bertz CT molecular complexity index is 337. The van der Waals surface area contributed by atoms with Gasteiger partial charge in [0.25, 0.3) is 0 Å². The predicted molar refractivity (Wildman–Crippen MR) is 94.2 cm³/mol. The Morgan fingerprint density at radius 3 is 2.62 bits per heavy atom. The van der Waals surface area contributed by atoms with Crippen molar-refractivity contribution in [1.82, 2.24) is 15.1 Å². The lowest BCUT2D eigenvalue weighted by Gasteiger charge is -2.37. The summed E-state index contributed by atoms with van der Waals surface area (Å²) in [5.41, 5.74) is 0. The van der Waals surface area contributed by atoms with Gasteiger partial charge < -0.3 is 15.1 Å². The zero-order chi connectivity index (χ0) is 15.2. The summed E-state index contributed by atoms with van der Waals surface area (Å²) in [6, 6.07) is 0. The normalized spacial score (nSPS) is 26.4. The van der Waals surface area contributed by atoms with Gasteiger partial charge in [0.2, 0.25) is 0 Å². The molecule has 2 rings (SSSR count). The van der Waals surface area contributed by atoms with Gasteiger partial charge in [-0.1, -0.05) is 13.8 Å². The summed E-state index contributed by atoms with van der Waals surface area (Å²) in [6.45, 7) is 10.5. The Balaban J connectivity index is 1.80. The van der Waals surface area contributed by atoms with E-state index in [1.54, 1.807) is 0 Å². The van der Waals surface area contributed by atoms with E-state index in [-0.39, 0.29) is 0 Å². The highest BCUT2D eigenvalue weighted by molar-refractivity contribution is 8.00. The molecule has 0 aromatic carbocycles. The predicted octanol–water partition coefficient (Wildman–Crippen LogP) is 1.98. The fraction of sp³-hybridized carbons (Fsp3) is 0.938. The minimum Gasteiger partial charge on any atom is -0.356 e. The summed E-state index contributed by atoms with van der Waals surface area (Å²) in [5, 5.41) is 4.37. The molecule has 0 radical (unpaired) electrons. The van der Waals surface area contributed by atoms with Crippen LogP contribution in [0.3, 0.4) is 0 Å². The van der Waals surface area contributed by atoms with Gasteiger partial charge in [0.1, 0.15) is 0 Å². The molecule has 0 amide bonds. The van der Waals surface area contributed by atoms with Crippen LogP contribution in [0.5, 0.6) is 0 Å². The maximum atomic E-state index is 4.52. The van der Waals surface area contributed by atoms with Crippen LogP contribution in [0.25, 0.3) is 0 Å². The van der Waals surface area contributed by atoms with Gasteiger partial charge in [-0.15, -0.1) is 0 Å². The molecule has 0 bridgehead atoms. The highest BCUT2D eigenvalue weighted by Gasteiger charge is 2.25. The van der Waals surface area contributed by atoms with Crippen molar-refractivity contribution >= 4 is 17.7 Å². The van der Waals surface area contributed by atoms with Crippen molar-refractivity contribution < 1.29 is 0 Å². The summed E-state index contributed by atoms with van der Waals surface area (Å²) >= 11 is 2.12. The van der Waals surface area contributed by atoms with E-state index < -0.39 is 0 Å². The molecular formula is C16H32N4S. The average molecular weight is 313 g/mol. The van der Waals surface area contributed by atoms with Crippen LogP contribution in [0, 0.1) is 11.8 Å². The van der Waals surface area contributed by atoms with Gasteiger partial charge in [-0.3, -0.25) is 4.99 Å². The zero-order valence-electron chi connectivity index (χ0n) is 14.1. The molecule has 2 aliphatic heterocycles. The molecule has 0 aliphatic carbocycles. The van der Waals surface area contributed by atoms with Gasteiger partial charge in [-0.25, -0.2) is 0 Å². The molecule has 5 heteroatoms. The summed E-state index contributed by atoms with van der Waals surface area (Å²) in [4.78, 5) is 9.40. The van der Waals surface area contributed by atoms with Crippen molar-refractivity contribution in [2.45, 2.75) is 31.9 Å². The van der Waals surface area contributed by atoms with Crippen molar-refractivity contribution in [3.05, 3.63) is 0 Å². The third kappa shape index (κ3) is 5.06. The first kappa shape index (κ1) is 16.9. The number of hydrogen-bond acceptors (Lipinski definition) is 3. The summed E-state index contributed by atoms with van der Waals surface area (Å²) in [6.07, 6.45) is 2.62. The molecule has 1 atom stereocenters. The number of nitrogens with one attached hydrogen (secondary N) is 1. The van der Waals surface area contributed by atoms with Crippen LogP contribution in [-0.2, 0) is 0 Å². The van der Waals surface area contributed by atoms with Gasteiger partial charge in [-0.05, 0) is 44.8 Å². The van der Waals surface area contributed by atoms with Crippen LogP contribution < -0.4 is 5.32 Å². The number of likely N-dealkylation sites (tertiary alicyclic amines) is 1. The number of nitrogens with zero attached hydrogens (tertiary/aromatic N) is 3. The number of rotatable bonds is 3. The molecule has 2 aliphatic rings. The summed E-state index contributed by atoms with van der Waals surface area (Å²) in [5.74, 6) is 3.88. The first-order valence-electron chi connectivity index (χ1n) is 8.36. The van der Waals surface area contributed by atoms with Crippen LogP contribution in [0.2, 0.25) is 0 Å². The van der Waals surface area contributed by atoms with Crippen molar-refractivity contribution in [1.29, 1.82) is 0 Å². The topological polar surface area (TPSA) is 30.9 Å². The Morgan fingerprint density at radius 2 is 2.00 bits per heavy atom. The number of aliphatic imine (C=N–C) groups is 1. The summed E-state index contributed by atoms with van der Waals surface area (Å²) < 4.78 is 0. The van der Waals surface area contributed by atoms with E-state index in [9.17, 15) is 0 Å². The van der Waals surface area contributed by atoms with Crippen LogP contribution in [0.4, 0.5) is 0 Å². The van der Waals surface area contributed by atoms with Gasteiger partial charge >= 0.3 is 0 Å². The Kier molecular flexibility index (Phi) is 6.68.